The van der Waals surface area contributed by atoms with Gasteiger partial charge >= 0.3 is 6.18 Å². The summed E-state index contributed by atoms with van der Waals surface area (Å²) in [6, 6.07) is 8.20. The standard InChI is InChI=1S/C19H20F3N5/c1-11(2)13-5-3-12(4-6-13)9-27-10-23-15-16(24-14-7-8-14)25-18(19(20,21)22)26-17(15)27/h3-6,10-11,14H,7-9H2,1-2H3,(H,24,25,26). The van der Waals surface area contributed by atoms with Gasteiger partial charge < -0.3 is 9.88 Å². The van der Waals surface area contributed by atoms with Crippen molar-refractivity contribution < 1.29 is 13.2 Å². The molecule has 1 N–H and O–H groups in total. The number of rotatable bonds is 5. The number of halogens is 3. The van der Waals surface area contributed by atoms with Crippen LogP contribution in [0.25, 0.3) is 11.2 Å². The van der Waals surface area contributed by atoms with E-state index in [4.69, 9.17) is 0 Å². The molecule has 0 saturated heterocycles. The summed E-state index contributed by atoms with van der Waals surface area (Å²) < 4.78 is 41.4. The number of fused-ring (bicyclic) bond motifs is 1. The zero-order valence-electron chi connectivity index (χ0n) is 15.1. The fourth-order valence-corrected chi connectivity index (χ4v) is 2.91. The molecule has 2 aromatic heterocycles. The van der Waals surface area contributed by atoms with Crippen molar-refractivity contribution in [3.8, 4) is 0 Å². The van der Waals surface area contributed by atoms with Gasteiger partial charge in [0.25, 0.3) is 0 Å². The summed E-state index contributed by atoms with van der Waals surface area (Å²) in [5.74, 6) is -0.565. The highest BCUT2D eigenvalue weighted by atomic mass is 19.4. The van der Waals surface area contributed by atoms with Crippen molar-refractivity contribution in [3.05, 3.63) is 47.5 Å². The molecule has 1 saturated carbocycles. The van der Waals surface area contributed by atoms with Gasteiger partial charge in [0.2, 0.25) is 5.82 Å². The van der Waals surface area contributed by atoms with Crippen molar-refractivity contribution in [3.63, 3.8) is 0 Å². The van der Waals surface area contributed by atoms with Crippen LogP contribution in [-0.2, 0) is 12.7 Å². The molecule has 3 aromatic rings. The maximum absolute atomic E-state index is 13.3. The molecule has 27 heavy (non-hydrogen) atoms. The van der Waals surface area contributed by atoms with Crippen molar-refractivity contribution in [2.75, 3.05) is 5.32 Å². The highest BCUT2D eigenvalue weighted by Gasteiger charge is 2.37. The first-order valence-corrected chi connectivity index (χ1v) is 8.96. The molecule has 142 valence electrons. The molecular formula is C19H20F3N5. The molecule has 0 spiro atoms. The van der Waals surface area contributed by atoms with Gasteiger partial charge in [-0.1, -0.05) is 38.1 Å². The Hall–Kier alpha value is -2.64. The summed E-state index contributed by atoms with van der Waals surface area (Å²) in [5.41, 5.74) is 2.75. The van der Waals surface area contributed by atoms with Gasteiger partial charge in [-0.15, -0.1) is 0 Å². The van der Waals surface area contributed by atoms with Gasteiger partial charge in [0.05, 0.1) is 12.9 Å². The van der Waals surface area contributed by atoms with Crippen molar-refractivity contribution in [1.29, 1.82) is 0 Å². The second-order valence-corrected chi connectivity index (χ2v) is 7.25. The molecule has 0 amide bonds. The summed E-state index contributed by atoms with van der Waals surface area (Å²) in [7, 11) is 0. The van der Waals surface area contributed by atoms with E-state index in [9.17, 15) is 13.2 Å². The van der Waals surface area contributed by atoms with Crippen LogP contribution in [0.3, 0.4) is 0 Å². The third kappa shape index (κ3) is 3.74. The van der Waals surface area contributed by atoms with E-state index in [1.165, 1.54) is 11.9 Å². The normalized spacial score (nSPS) is 14.9. The smallest absolute Gasteiger partial charge is 0.365 e. The van der Waals surface area contributed by atoms with E-state index < -0.39 is 12.0 Å². The van der Waals surface area contributed by atoms with Crippen molar-refractivity contribution in [1.82, 2.24) is 19.5 Å². The third-order valence-corrected chi connectivity index (χ3v) is 4.63. The quantitative estimate of drug-likeness (QED) is 0.709. The number of nitrogens with zero attached hydrogens (tertiary/aromatic N) is 4. The number of alkyl halides is 3. The number of hydrogen-bond donors (Lipinski definition) is 1. The first kappa shape index (κ1) is 17.8. The Kier molecular flexibility index (Phi) is 4.28. The second-order valence-electron chi connectivity index (χ2n) is 7.25. The molecule has 0 atom stereocenters. The molecule has 5 nitrogen and oxygen atoms in total. The molecule has 8 heteroatoms. The Morgan fingerprint density at radius 1 is 1.15 bits per heavy atom. The Morgan fingerprint density at radius 2 is 1.85 bits per heavy atom. The first-order chi connectivity index (χ1) is 12.8. The van der Waals surface area contributed by atoms with Gasteiger partial charge in [-0.05, 0) is 29.9 Å². The zero-order valence-corrected chi connectivity index (χ0v) is 15.1. The molecule has 1 fully saturated rings. The van der Waals surface area contributed by atoms with Gasteiger partial charge in [0, 0.05) is 6.04 Å². The number of imidazole rings is 1. The summed E-state index contributed by atoms with van der Waals surface area (Å²) in [6.07, 6.45) is -1.23. The Morgan fingerprint density at radius 3 is 2.44 bits per heavy atom. The number of aromatic nitrogens is 4. The zero-order chi connectivity index (χ0) is 19.2. The van der Waals surface area contributed by atoms with Gasteiger partial charge in [-0.25, -0.2) is 15.0 Å². The SMILES string of the molecule is CC(C)c1ccc(Cn2cnc3c(NC4CC4)nc(C(F)(F)F)nc32)cc1. The monoisotopic (exact) mass is 375 g/mol. The second kappa shape index (κ2) is 6.51. The summed E-state index contributed by atoms with van der Waals surface area (Å²) in [6.45, 7) is 4.62. The molecule has 2 heterocycles. The lowest BCUT2D eigenvalue weighted by Crippen LogP contribution is -2.15. The van der Waals surface area contributed by atoms with E-state index in [2.05, 4.69) is 34.1 Å². The lowest BCUT2D eigenvalue weighted by molar-refractivity contribution is -0.144. The number of benzene rings is 1. The fourth-order valence-electron chi connectivity index (χ4n) is 2.91. The van der Waals surface area contributed by atoms with Crippen molar-refractivity contribution in [2.45, 2.75) is 51.4 Å². The lowest BCUT2D eigenvalue weighted by atomic mass is 10.0. The third-order valence-electron chi connectivity index (χ3n) is 4.63. The van der Waals surface area contributed by atoms with Crippen LogP contribution in [0.4, 0.5) is 19.0 Å². The van der Waals surface area contributed by atoms with E-state index >= 15 is 0 Å². The summed E-state index contributed by atoms with van der Waals surface area (Å²) in [5, 5.41) is 3.04. The van der Waals surface area contributed by atoms with Gasteiger partial charge in [-0.3, -0.25) is 0 Å². The highest BCUT2D eigenvalue weighted by Crippen LogP contribution is 2.32. The molecule has 0 bridgehead atoms. The van der Waals surface area contributed by atoms with Crippen LogP contribution < -0.4 is 5.32 Å². The van der Waals surface area contributed by atoms with Crippen LogP contribution in [0.1, 0.15) is 49.6 Å². The van der Waals surface area contributed by atoms with Gasteiger partial charge in [-0.2, -0.15) is 13.2 Å². The van der Waals surface area contributed by atoms with Crippen molar-refractivity contribution in [2.24, 2.45) is 0 Å². The minimum Gasteiger partial charge on any atom is -0.365 e. The molecule has 0 aliphatic heterocycles. The molecule has 1 aliphatic carbocycles. The van der Waals surface area contributed by atoms with Gasteiger partial charge in [0.1, 0.15) is 5.52 Å². The van der Waals surface area contributed by atoms with Crippen LogP contribution >= 0.6 is 0 Å². The van der Waals surface area contributed by atoms with E-state index in [1.54, 1.807) is 4.57 Å². The maximum atomic E-state index is 13.3. The van der Waals surface area contributed by atoms with Crippen molar-refractivity contribution >= 4 is 17.0 Å². The van der Waals surface area contributed by atoms with Gasteiger partial charge in [0.15, 0.2) is 11.5 Å². The Bertz CT molecular complexity index is 956. The highest BCUT2D eigenvalue weighted by molar-refractivity contribution is 5.83. The van der Waals surface area contributed by atoms with E-state index in [0.29, 0.717) is 18.0 Å². The minimum absolute atomic E-state index is 0.156. The largest absolute Gasteiger partial charge is 0.451 e. The molecule has 4 rings (SSSR count). The Labute approximate surface area is 154 Å². The predicted molar refractivity (Wildman–Crippen MR) is 96.6 cm³/mol. The summed E-state index contributed by atoms with van der Waals surface area (Å²) >= 11 is 0. The molecule has 0 radical (unpaired) electrons. The number of anilines is 1. The lowest BCUT2D eigenvalue weighted by Gasteiger charge is -2.11. The average molecular weight is 375 g/mol. The molecule has 1 aliphatic rings. The topological polar surface area (TPSA) is 55.6 Å². The van der Waals surface area contributed by atoms with E-state index in [-0.39, 0.29) is 17.5 Å². The summed E-state index contributed by atoms with van der Waals surface area (Å²) in [4.78, 5) is 11.7. The van der Waals surface area contributed by atoms with Crippen LogP contribution in [0.15, 0.2) is 30.6 Å². The number of hydrogen-bond acceptors (Lipinski definition) is 4. The number of nitrogens with one attached hydrogen (secondary N) is 1. The van der Waals surface area contributed by atoms with Crippen LogP contribution in [0.2, 0.25) is 0 Å². The van der Waals surface area contributed by atoms with Crippen LogP contribution in [0, 0.1) is 0 Å². The van der Waals surface area contributed by atoms with Crippen LogP contribution in [0.5, 0.6) is 0 Å². The Balaban J connectivity index is 1.72. The molecule has 1 aromatic carbocycles. The van der Waals surface area contributed by atoms with E-state index in [0.717, 1.165) is 18.4 Å². The molecular weight excluding hydrogens is 355 g/mol. The maximum Gasteiger partial charge on any atom is 0.451 e. The fraction of sp³-hybridized carbons (Fsp3) is 0.421. The molecule has 0 unspecified atom stereocenters. The first-order valence-electron chi connectivity index (χ1n) is 8.96. The van der Waals surface area contributed by atoms with Crippen LogP contribution in [-0.4, -0.2) is 25.6 Å². The average Bonchev–Trinajstić information content (AvgIpc) is 3.34. The minimum atomic E-state index is -4.61. The predicted octanol–water partition coefficient (Wildman–Crippen LogP) is 4.59. The van der Waals surface area contributed by atoms with E-state index in [1.807, 2.05) is 24.3 Å².